The van der Waals surface area contributed by atoms with Gasteiger partial charge in [0.05, 0.1) is 10.6 Å². The zero-order valence-electron chi connectivity index (χ0n) is 10.4. The number of nitrogens with one attached hydrogen (secondary N) is 1. The third kappa shape index (κ3) is 2.89. The Labute approximate surface area is 116 Å². The topological polar surface area (TPSA) is 105 Å². The molecule has 6 nitrogen and oxygen atoms in total. The van der Waals surface area contributed by atoms with Crippen LogP contribution >= 0.6 is 0 Å². The standard InChI is InChI=1S/C13H13N3O3S/c14-13(15-17)11-8-4-5-9-12(11)16-20(18,19)10-6-2-1-3-7-10/h1-9,16-17H,(H2,14,15). The average molecular weight is 291 g/mol. The predicted octanol–water partition coefficient (Wildman–Crippen LogP) is 1.58. The van der Waals surface area contributed by atoms with Crippen LogP contribution in [-0.4, -0.2) is 19.5 Å². The number of rotatable bonds is 4. The van der Waals surface area contributed by atoms with Gasteiger partial charge in [0, 0.05) is 5.56 Å². The average Bonchev–Trinajstić information content (AvgIpc) is 2.47. The molecular formula is C13H13N3O3S. The number of nitrogens with two attached hydrogens (primary N) is 1. The van der Waals surface area contributed by atoms with Crippen LogP contribution in [0.25, 0.3) is 0 Å². The lowest BCUT2D eigenvalue weighted by Gasteiger charge is -2.11. The van der Waals surface area contributed by atoms with E-state index >= 15 is 0 Å². The van der Waals surface area contributed by atoms with Crippen LogP contribution in [0.3, 0.4) is 0 Å². The van der Waals surface area contributed by atoms with Gasteiger partial charge in [-0.3, -0.25) is 4.72 Å². The third-order valence-corrected chi connectivity index (χ3v) is 3.99. The van der Waals surface area contributed by atoms with Crippen molar-refractivity contribution in [2.45, 2.75) is 4.90 Å². The summed E-state index contributed by atoms with van der Waals surface area (Å²) < 4.78 is 26.8. The smallest absolute Gasteiger partial charge is 0.261 e. The lowest BCUT2D eigenvalue weighted by Crippen LogP contribution is -2.19. The van der Waals surface area contributed by atoms with Gasteiger partial charge in [0.1, 0.15) is 0 Å². The summed E-state index contributed by atoms with van der Waals surface area (Å²) in [7, 11) is -3.72. The van der Waals surface area contributed by atoms with E-state index in [9.17, 15) is 8.42 Å². The van der Waals surface area contributed by atoms with Gasteiger partial charge < -0.3 is 10.9 Å². The Morgan fingerprint density at radius 2 is 1.65 bits per heavy atom. The monoisotopic (exact) mass is 291 g/mol. The van der Waals surface area contributed by atoms with Crippen molar-refractivity contribution in [3.63, 3.8) is 0 Å². The zero-order chi connectivity index (χ0) is 14.6. The van der Waals surface area contributed by atoms with Gasteiger partial charge in [-0.15, -0.1) is 0 Å². The summed E-state index contributed by atoms with van der Waals surface area (Å²) >= 11 is 0. The molecule has 0 fully saturated rings. The number of anilines is 1. The Hall–Kier alpha value is -2.54. The van der Waals surface area contributed by atoms with Crippen LogP contribution in [0.4, 0.5) is 5.69 Å². The Balaban J connectivity index is 2.41. The van der Waals surface area contributed by atoms with Gasteiger partial charge in [-0.25, -0.2) is 8.42 Å². The maximum Gasteiger partial charge on any atom is 0.261 e. The van der Waals surface area contributed by atoms with Crippen LogP contribution in [0.5, 0.6) is 0 Å². The Bertz CT molecular complexity index is 728. The molecule has 0 atom stereocenters. The highest BCUT2D eigenvalue weighted by atomic mass is 32.2. The summed E-state index contributed by atoms with van der Waals surface area (Å²) in [5, 5.41) is 11.6. The molecule has 0 bridgehead atoms. The zero-order valence-corrected chi connectivity index (χ0v) is 11.2. The first-order valence-electron chi connectivity index (χ1n) is 5.69. The fraction of sp³-hybridized carbons (Fsp3) is 0. The molecule has 0 unspecified atom stereocenters. The van der Waals surface area contributed by atoms with Gasteiger partial charge in [0.2, 0.25) is 0 Å². The minimum atomic E-state index is -3.72. The van der Waals surface area contributed by atoms with E-state index in [2.05, 4.69) is 9.88 Å². The summed E-state index contributed by atoms with van der Waals surface area (Å²) in [6.45, 7) is 0. The SMILES string of the molecule is N/C(=N/O)c1ccccc1NS(=O)(=O)c1ccccc1. The van der Waals surface area contributed by atoms with Gasteiger partial charge in [0.15, 0.2) is 5.84 Å². The first-order valence-corrected chi connectivity index (χ1v) is 7.18. The maximum absolute atomic E-state index is 12.2. The quantitative estimate of drug-likeness (QED) is 0.344. The molecule has 2 rings (SSSR count). The summed E-state index contributed by atoms with van der Waals surface area (Å²) in [4.78, 5) is 0.134. The van der Waals surface area contributed by atoms with E-state index in [1.54, 1.807) is 36.4 Å². The Morgan fingerprint density at radius 1 is 1.05 bits per heavy atom. The lowest BCUT2D eigenvalue weighted by molar-refractivity contribution is 0.318. The molecule has 0 aliphatic rings. The van der Waals surface area contributed by atoms with E-state index in [1.807, 2.05) is 0 Å². The van der Waals surface area contributed by atoms with Gasteiger partial charge in [-0.2, -0.15) is 0 Å². The molecule has 0 aromatic heterocycles. The van der Waals surface area contributed by atoms with Gasteiger partial charge >= 0.3 is 0 Å². The fourth-order valence-electron chi connectivity index (χ4n) is 1.65. The van der Waals surface area contributed by atoms with Crippen LogP contribution in [0.2, 0.25) is 0 Å². The van der Waals surface area contributed by atoms with Crippen LogP contribution in [0.15, 0.2) is 64.6 Å². The van der Waals surface area contributed by atoms with E-state index in [0.29, 0.717) is 5.56 Å². The normalized spacial score (nSPS) is 12.1. The predicted molar refractivity (Wildman–Crippen MR) is 76.2 cm³/mol. The molecule has 104 valence electrons. The number of hydrogen-bond acceptors (Lipinski definition) is 4. The molecule has 2 aromatic carbocycles. The molecule has 0 saturated heterocycles. The second kappa shape index (κ2) is 5.62. The highest BCUT2D eigenvalue weighted by Gasteiger charge is 2.16. The second-order valence-electron chi connectivity index (χ2n) is 3.95. The molecule has 0 aliphatic carbocycles. The molecule has 0 saturated carbocycles. The largest absolute Gasteiger partial charge is 0.409 e. The van der Waals surface area contributed by atoms with Crippen LogP contribution < -0.4 is 10.5 Å². The van der Waals surface area contributed by atoms with Crippen molar-refractivity contribution in [2.75, 3.05) is 4.72 Å². The first-order chi connectivity index (χ1) is 9.54. The van der Waals surface area contributed by atoms with E-state index in [0.717, 1.165) is 0 Å². The number of hydrogen-bond donors (Lipinski definition) is 3. The molecular weight excluding hydrogens is 278 g/mol. The van der Waals surface area contributed by atoms with Crippen molar-refractivity contribution >= 4 is 21.5 Å². The van der Waals surface area contributed by atoms with Crippen molar-refractivity contribution in [1.29, 1.82) is 0 Å². The molecule has 7 heteroatoms. The maximum atomic E-state index is 12.2. The second-order valence-corrected chi connectivity index (χ2v) is 5.63. The highest BCUT2D eigenvalue weighted by Crippen LogP contribution is 2.19. The van der Waals surface area contributed by atoms with Gasteiger partial charge in [-0.05, 0) is 24.3 Å². The van der Waals surface area contributed by atoms with Crippen molar-refractivity contribution in [1.82, 2.24) is 0 Å². The number of amidine groups is 1. The minimum Gasteiger partial charge on any atom is -0.409 e. The van der Waals surface area contributed by atoms with Gasteiger partial charge in [0.25, 0.3) is 10.0 Å². The summed E-state index contributed by atoms with van der Waals surface area (Å²) in [5.74, 6) is -0.170. The van der Waals surface area contributed by atoms with E-state index in [4.69, 9.17) is 10.9 Å². The number of sulfonamides is 1. The number of nitrogens with zero attached hydrogens (tertiary/aromatic N) is 1. The lowest BCUT2D eigenvalue weighted by atomic mass is 10.2. The summed E-state index contributed by atoms with van der Waals surface area (Å²) in [6, 6.07) is 14.3. The van der Waals surface area contributed by atoms with Crippen molar-refractivity contribution < 1.29 is 13.6 Å². The van der Waals surface area contributed by atoms with Crippen LogP contribution in [-0.2, 0) is 10.0 Å². The molecule has 0 radical (unpaired) electrons. The van der Waals surface area contributed by atoms with Crippen LogP contribution in [0, 0.1) is 0 Å². The minimum absolute atomic E-state index is 0.134. The fourth-order valence-corrected chi connectivity index (χ4v) is 2.75. The third-order valence-electron chi connectivity index (χ3n) is 2.61. The summed E-state index contributed by atoms with van der Waals surface area (Å²) in [5.41, 5.74) is 6.06. The van der Waals surface area contributed by atoms with E-state index < -0.39 is 10.0 Å². The molecule has 0 aliphatic heterocycles. The Morgan fingerprint density at radius 3 is 2.30 bits per heavy atom. The first kappa shape index (κ1) is 13.9. The molecule has 0 spiro atoms. The van der Waals surface area contributed by atoms with Crippen LogP contribution in [0.1, 0.15) is 5.56 Å². The molecule has 2 aromatic rings. The molecule has 20 heavy (non-hydrogen) atoms. The van der Waals surface area contributed by atoms with Gasteiger partial charge in [-0.1, -0.05) is 35.5 Å². The molecule has 4 N–H and O–H groups in total. The van der Waals surface area contributed by atoms with Crippen molar-refractivity contribution in [2.24, 2.45) is 10.9 Å². The molecule has 0 heterocycles. The number of oxime groups is 1. The van der Waals surface area contributed by atoms with E-state index in [1.165, 1.54) is 18.2 Å². The highest BCUT2D eigenvalue weighted by molar-refractivity contribution is 7.92. The number of para-hydroxylation sites is 1. The van der Waals surface area contributed by atoms with Crippen molar-refractivity contribution in [3.05, 3.63) is 60.2 Å². The molecule has 0 amide bonds. The number of benzene rings is 2. The van der Waals surface area contributed by atoms with E-state index in [-0.39, 0.29) is 16.4 Å². The Kier molecular flexibility index (Phi) is 3.90. The summed E-state index contributed by atoms with van der Waals surface area (Å²) in [6.07, 6.45) is 0. The van der Waals surface area contributed by atoms with Crippen molar-refractivity contribution in [3.8, 4) is 0 Å².